The van der Waals surface area contributed by atoms with Crippen LogP contribution in [0.5, 0.6) is 11.5 Å². The van der Waals surface area contributed by atoms with Gasteiger partial charge < -0.3 is 14.4 Å². The highest BCUT2D eigenvalue weighted by atomic mass is 16.5. The number of aldehydes is 1. The van der Waals surface area contributed by atoms with Gasteiger partial charge in [-0.3, -0.25) is 4.79 Å². The molecule has 2 rings (SSSR count). The Balaban J connectivity index is 1.73. The van der Waals surface area contributed by atoms with Crippen LogP contribution in [0.4, 0.5) is 0 Å². The normalized spacial score (nSPS) is 18.9. The molecule has 0 saturated carbocycles. The molecular weight excluding hydrogens is 278 g/mol. The fraction of sp³-hybridized carbons (Fsp3) is 0.611. The predicted molar refractivity (Wildman–Crippen MR) is 87.9 cm³/mol. The van der Waals surface area contributed by atoms with Gasteiger partial charge in [-0.05, 0) is 56.8 Å². The van der Waals surface area contributed by atoms with Crippen LogP contribution in [0.25, 0.3) is 0 Å². The first kappa shape index (κ1) is 16.8. The van der Waals surface area contributed by atoms with Crippen LogP contribution >= 0.6 is 0 Å². The second kappa shape index (κ2) is 8.79. The van der Waals surface area contributed by atoms with Crippen LogP contribution in [-0.4, -0.2) is 44.5 Å². The average molecular weight is 305 g/mol. The number of carbonyl (C=O) groups is 1. The molecule has 1 atom stereocenters. The lowest BCUT2D eigenvalue weighted by Crippen LogP contribution is -2.35. The van der Waals surface area contributed by atoms with E-state index < -0.39 is 0 Å². The standard InChI is InChI=1S/C18H27NO3/c1-15-7-6-11-19(13-15)10-3-4-12-22-18-16(14-20)8-5-9-17(18)21-2/h5,8-9,14-15H,3-4,6-7,10-13H2,1-2H3/t15-/m1/s1. The van der Waals surface area contributed by atoms with Crippen LogP contribution in [0.1, 0.15) is 43.0 Å². The van der Waals surface area contributed by atoms with Crippen molar-refractivity contribution < 1.29 is 14.3 Å². The molecule has 1 aliphatic heterocycles. The summed E-state index contributed by atoms with van der Waals surface area (Å²) < 4.78 is 11.0. The number of carbonyl (C=O) groups excluding carboxylic acids is 1. The second-order valence-electron chi connectivity index (χ2n) is 6.10. The van der Waals surface area contributed by atoms with Crippen LogP contribution in [0, 0.1) is 5.92 Å². The quantitative estimate of drug-likeness (QED) is 0.545. The van der Waals surface area contributed by atoms with E-state index in [-0.39, 0.29) is 0 Å². The predicted octanol–water partition coefficient (Wildman–Crippen LogP) is 3.40. The molecular formula is C18H27NO3. The van der Waals surface area contributed by atoms with Crippen LogP contribution in [0.3, 0.4) is 0 Å². The molecule has 0 aliphatic carbocycles. The van der Waals surface area contributed by atoms with E-state index in [1.807, 2.05) is 6.07 Å². The summed E-state index contributed by atoms with van der Waals surface area (Å²) in [7, 11) is 1.59. The molecule has 0 spiro atoms. The third kappa shape index (κ3) is 4.73. The van der Waals surface area contributed by atoms with Crippen LogP contribution in [0.15, 0.2) is 18.2 Å². The second-order valence-corrected chi connectivity index (χ2v) is 6.10. The summed E-state index contributed by atoms with van der Waals surface area (Å²) in [6, 6.07) is 5.37. The van der Waals surface area contributed by atoms with Gasteiger partial charge in [0.05, 0.1) is 19.3 Å². The van der Waals surface area contributed by atoms with Gasteiger partial charge in [-0.15, -0.1) is 0 Å². The van der Waals surface area contributed by atoms with Gasteiger partial charge >= 0.3 is 0 Å². The topological polar surface area (TPSA) is 38.8 Å². The van der Waals surface area contributed by atoms with Crippen molar-refractivity contribution in [1.82, 2.24) is 4.90 Å². The molecule has 0 bridgehead atoms. The van der Waals surface area contributed by atoms with Crippen molar-refractivity contribution in [2.75, 3.05) is 33.4 Å². The third-order valence-electron chi connectivity index (χ3n) is 4.21. The highest BCUT2D eigenvalue weighted by molar-refractivity contribution is 5.81. The fourth-order valence-corrected chi connectivity index (χ4v) is 3.04. The first-order valence-electron chi connectivity index (χ1n) is 8.22. The summed E-state index contributed by atoms with van der Waals surface area (Å²) in [6.45, 7) is 6.54. The fourth-order valence-electron chi connectivity index (χ4n) is 3.04. The van der Waals surface area contributed by atoms with Gasteiger partial charge in [0.25, 0.3) is 0 Å². The molecule has 1 aromatic rings. The maximum absolute atomic E-state index is 11.1. The summed E-state index contributed by atoms with van der Waals surface area (Å²) in [5, 5.41) is 0. The lowest BCUT2D eigenvalue weighted by molar-refractivity contribution is 0.111. The molecule has 4 heteroatoms. The number of unbranched alkanes of at least 4 members (excludes halogenated alkanes) is 1. The number of nitrogens with zero attached hydrogens (tertiary/aromatic N) is 1. The number of para-hydroxylation sites is 1. The van der Waals surface area contributed by atoms with Crippen LogP contribution < -0.4 is 9.47 Å². The Kier molecular flexibility index (Phi) is 6.72. The summed E-state index contributed by atoms with van der Waals surface area (Å²) >= 11 is 0. The molecule has 0 aromatic heterocycles. The number of piperidine rings is 1. The number of likely N-dealkylation sites (tertiary alicyclic amines) is 1. The maximum Gasteiger partial charge on any atom is 0.171 e. The van der Waals surface area contributed by atoms with Crippen molar-refractivity contribution in [3.8, 4) is 11.5 Å². The number of hydrogen-bond donors (Lipinski definition) is 0. The summed E-state index contributed by atoms with van der Waals surface area (Å²) in [6.07, 6.45) is 5.61. The lowest BCUT2D eigenvalue weighted by atomic mass is 10.0. The molecule has 1 heterocycles. The number of rotatable bonds is 8. The van der Waals surface area contributed by atoms with Gasteiger partial charge in [-0.25, -0.2) is 0 Å². The highest BCUT2D eigenvalue weighted by Crippen LogP contribution is 2.30. The molecule has 0 N–H and O–H groups in total. The Hall–Kier alpha value is -1.55. The monoisotopic (exact) mass is 305 g/mol. The van der Waals surface area contributed by atoms with E-state index in [0.717, 1.165) is 31.6 Å². The zero-order chi connectivity index (χ0) is 15.8. The summed E-state index contributed by atoms with van der Waals surface area (Å²) in [5.74, 6) is 2.01. The van der Waals surface area contributed by atoms with Crippen LogP contribution in [0.2, 0.25) is 0 Å². The number of hydrogen-bond acceptors (Lipinski definition) is 4. The Bertz CT molecular complexity index is 475. The molecule has 1 aliphatic rings. The first-order chi connectivity index (χ1) is 10.7. The van der Waals surface area contributed by atoms with Crippen molar-refractivity contribution in [2.45, 2.75) is 32.6 Å². The molecule has 0 amide bonds. The number of benzene rings is 1. The molecule has 1 aromatic carbocycles. The van der Waals surface area contributed by atoms with E-state index >= 15 is 0 Å². The zero-order valence-electron chi connectivity index (χ0n) is 13.7. The smallest absolute Gasteiger partial charge is 0.171 e. The van der Waals surface area contributed by atoms with E-state index in [0.29, 0.717) is 23.7 Å². The zero-order valence-corrected chi connectivity index (χ0v) is 13.7. The Labute approximate surface area is 133 Å². The molecule has 4 nitrogen and oxygen atoms in total. The molecule has 0 unspecified atom stereocenters. The molecule has 1 fully saturated rings. The minimum atomic E-state index is 0.546. The SMILES string of the molecule is COc1cccc(C=O)c1OCCCCN1CCC[C@@H](C)C1. The van der Waals surface area contributed by atoms with Crippen molar-refractivity contribution >= 4 is 6.29 Å². The Morgan fingerprint density at radius 1 is 1.36 bits per heavy atom. The van der Waals surface area contributed by atoms with Crippen molar-refractivity contribution in [3.63, 3.8) is 0 Å². The van der Waals surface area contributed by atoms with Gasteiger partial charge in [0.1, 0.15) is 0 Å². The van der Waals surface area contributed by atoms with Crippen LogP contribution in [-0.2, 0) is 0 Å². The van der Waals surface area contributed by atoms with Gasteiger partial charge in [-0.2, -0.15) is 0 Å². The van der Waals surface area contributed by atoms with E-state index in [1.165, 1.54) is 25.9 Å². The number of methoxy groups -OCH3 is 1. The minimum Gasteiger partial charge on any atom is -0.493 e. The summed E-state index contributed by atoms with van der Waals surface area (Å²) in [4.78, 5) is 13.6. The Morgan fingerprint density at radius 2 is 2.23 bits per heavy atom. The molecule has 1 saturated heterocycles. The van der Waals surface area contributed by atoms with E-state index in [1.54, 1.807) is 19.2 Å². The minimum absolute atomic E-state index is 0.546. The molecule has 122 valence electrons. The van der Waals surface area contributed by atoms with E-state index in [9.17, 15) is 4.79 Å². The van der Waals surface area contributed by atoms with Crippen molar-refractivity contribution in [1.29, 1.82) is 0 Å². The molecule has 22 heavy (non-hydrogen) atoms. The summed E-state index contributed by atoms with van der Waals surface area (Å²) in [5.41, 5.74) is 0.546. The number of ether oxygens (including phenoxy) is 2. The van der Waals surface area contributed by atoms with Gasteiger partial charge in [0.15, 0.2) is 17.8 Å². The van der Waals surface area contributed by atoms with Gasteiger partial charge in [0, 0.05) is 6.54 Å². The largest absolute Gasteiger partial charge is 0.493 e. The van der Waals surface area contributed by atoms with Crippen molar-refractivity contribution in [3.05, 3.63) is 23.8 Å². The van der Waals surface area contributed by atoms with E-state index in [2.05, 4.69) is 11.8 Å². The molecule has 0 radical (unpaired) electrons. The third-order valence-corrected chi connectivity index (χ3v) is 4.21. The lowest BCUT2D eigenvalue weighted by Gasteiger charge is -2.30. The van der Waals surface area contributed by atoms with Gasteiger partial charge in [-0.1, -0.05) is 13.0 Å². The average Bonchev–Trinajstić information content (AvgIpc) is 2.54. The first-order valence-corrected chi connectivity index (χ1v) is 8.22. The van der Waals surface area contributed by atoms with Crippen molar-refractivity contribution in [2.24, 2.45) is 5.92 Å². The maximum atomic E-state index is 11.1. The van der Waals surface area contributed by atoms with Gasteiger partial charge in [0.2, 0.25) is 0 Å². The highest BCUT2D eigenvalue weighted by Gasteiger charge is 2.15. The van der Waals surface area contributed by atoms with E-state index in [4.69, 9.17) is 9.47 Å². The Morgan fingerprint density at radius 3 is 2.95 bits per heavy atom.